The van der Waals surface area contributed by atoms with E-state index in [9.17, 15) is 9.59 Å². The summed E-state index contributed by atoms with van der Waals surface area (Å²) in [4.78, 5) is 27.9. The summed E-state index contributed by atoms with van der Waals surface area (Å²) in [5.41, 5.74) is 2.86. The van der Waals surface area contributed by atoms with Crippen LogP contribution in [0.4, 0.5) is 0 Å². The van der Waals surface area contributed by atoms with Gasteiger partial charge in [-0.2, -0.15) is 0 Å². The molecule has 0 radical (unpaired) electrons. The normalized spacial score (nSPS) is 12.3. The minimum Gasteiger partial charge on any atom is -0.350 e. The van der Waals surface area contributed by atoms with Crippen molar-refractivity contribution in [2.24, 2.45) is 0 Å². The molecule has 0 aliphatic carbocycles. The SMILES string of the molecule is CC[C@@H](C(=O)NC(C)(C)C)N(Cc1ccccc1Cl)C(=O)CSCc1cccc(C)c1. The Morgan fingerprint density at radius 3 is 2.45 bits per heavy atom. The third kappa shape index (κ3) is 8.23. The Hall–Kier alpha value is -1.98. The van der Waals surface area contributed by atoms with Gasteiger partial charge in [0.25, 0.3) is 0 Å². The highest BCUT2D eigenvalue weighted by molar-refractivity contribution is 7.99. The van der Waals surface area contributed by atoms with Crippen LogP contribution in [0, 0.1) is 6.92 Å². The number of amides is 2. The number of carbonyl (C=O) groups excluding carboxylic acids is 2. The number of nitrogens with zero attached hydrogens (tertiary/aromatic N) is 1. The number of thioether (sulfide) groups is 1. The Labute approximate surface area is 195 Å². The van der Waals surface area contributed by atoms with Gasteiger partial charge in [0.1, 0.15) is 6.04 Å². The van der Waals surface area contributed by atoms with Crippen molar-refractivity contribution in [1.82, 2.24) is 10.2 Å². The predicted octanol–water partition coefficient (Wildman–Crippen LogP) is 5.60. The van der Waals surface area contributed by atoms with Crippen LogP contribution in [0.2, 0.25) is 5.02 Å². The van der Waals surface area contributed by atoms with Crippen molar-refractivity contribution < 1.29 is 9.59 Å². The highest BCUT2D eigenvalue weighted by Crippen LogP contribution is 2.22. The minimum absolute atomic E-state index is 0.0616. The number of hydrogen-bond donors (Lipinski definition) is 1. The average molecular weight is 461 g/mol. The van der Waals surface area contributed by atoms with Gasteiger partial charge in [0.2, 0.25) is 11.8 Å². The summed E-state index contributed by atoms with van der Waals surface area (Å²) in [6, 6.07) is 15.2. The highest BCUT2D eigenvalue weighted by atomic mass is 35.5. The first kappa shape index (κ1) is 25.3. The summed E-state index contributed by atoms with van der Waals surface area (Å²) in [6.07, 6.45) is 0.528. The van der Waals surface area contributed by atoms with E-state index in [1.54, 1.807) is 16.7 Å². The van der Waals surface area contributed by atoms with Crippen LogP contribution >= 0.6 is 23.4 Å². The number of hydrogen-bond acceptors (Lipinski definition) is 3. The van der Waals surface area contributed by atoms with E-state index in [1.165, 1.54) is 11.1 Å². The molecule has 4 nitrogen and oxygen atoms in total. The van der Waals surface area contributed by atoms with Gasteiger partial charge in [-0.25, -0.2) is 0 Å². The fourth-order valence-electron chi connectivity index (χ4n) is 3.32. The lowest BCUT2D eigenvalue weighted by Crippen LogP contribution is -2.53. The molecule has 2 amide bonds. The zero-order valence-corrected chi connectivity index (χ0v) is 20.6. The van der Waals surface area contributed by atoms with Gasteiger partial charge in [-0.15, -0.1) is 11.8 Å². The lowest BCUT2D eigenvalue weighted by molar-refractivity contribution is -0.140. The zero-order chi connectivity index (χ0) is 23.0. The fraction of sp³-hybridized carbons (Fsp3) is 0.440. The van der Waals surface area contributed by atoms with Gasteiger partial charge in [-0.05, 0) is 51.3 Å². The molecule has 0 aliphatic rings. The molecule has 6 heteroatoms. The average Bonchev–Trinajstić information content (AvgIpc) is 2.68. The number of carbonyl (C=O) groups is 2. The first-order valence-electron chi connectivity index (χ1n) is 10.6. The Morgan fingerprint density at radius 1 is 1.13 bits per heavy atom. The van der Waals surface area contributed by atoms with E-state index in [4.69, 9.17) is 11.6 Å². The lowest BCUT2D eigenvalue weighted by Gasteiger charge is -2.33. The predicted molar refractivity (Wildman–Crippen MR) is 131 cm³/mol. The molecule has 0 aromatic heterocycles. The second-order valence-corrected chi connectivity index (χ2v) is 10.2. The molecule has 0 unspecified atom stereocenters. The van der Waals surface area contributed by atoms with Gasteiger partial charge in [-0.3, -0.25) is 9.59 Å². The third-order valence-corrected chi connectivity index (χ3v) is 6.12. The van der Waals surface area contributed by atoms with E-state index in [2.05, 4.69) is 30.4 Å². The second kappa shape index (κ2) is 11.6. The molecule has 0 aliphatic heterocycles. The van der Waals surface area contributed by atoms with Crippen LogP contribution in [0.15, 0.2) is 48.5 Å². The maximum Gasteiger partial charge on any atom is 0.243 e. The van der Waals surface area contributed by atoms with E-state index in [-0.39, 0.29) is 17.4 Å². The molecule has 2 aromatic rings. The number of rotatable bonds is 9. The molecule has 2 aromatic carbocycles. The summed E-state index contributed by atoms with van der Waals surface area (Å²) in [7, 11) is 0. The van der Waals surface area contributed by atoms with Crippen molar-refractivity contribution >= 4 is 35.2 Å². The van der Waals surface area contributed by atoms with Crippen LogP contribution in [-0.4, -0.2) is 34.0 Å². The summed E-state index contributed by atoms with van der Waals surface area (Å²) in [6.45, 7) is 10.1. The van der Waals surface area contributed by atoms with Gasteiger partial charge in [-0.1, -0.05) is 66.6 Å². The molecule has 0 fully saturated rings. The molecule has 1 N–H and O–H groups in total. The molecule has 0 bridgehead atoms. The molecule has 31 heavy (non-hydrogen) atoms. The van der Waals surface area contributed by atoms with Crippen molar-refractivity contribution in [2.45, 2.75) is 64.9 Å². The van der Waals surface area contributed by atoms with Crippen molar-refractivity contribution in [1.29, 1.82) is 0 Å². The van der Waals surface area contributed by atoms with Crippen LogP contribution in [0.5, 0.6) is 0 Å². The summed E-state index contributed by atoms with van der Waals surface area (Å²) < 4.78 is 0. The molecule has 1 atom stereocenters. The van der Waals surface area contributed by atoms with E-state index in [1.807, 2.05) is 58.0 Å². The Morgan fingerprint density at radius 2 is 1.84 bits per heavy atom. The van der Waals surface area contributed by atoms with Crippen molar-refractivity contribution in [3.05, 3.63) is 70.2 Å². The Bertz CT molecular complexity index is 895. The lowest BCUT2D eigenvalue weighted by atomic mass is 10.1. The maximum absolute atomic E-state index is 13.3. The maximum atomic E-state index is 13.3. The van der Waals surface area contributed by atoms with E-state index in [0.717, 1.165) is 11.3 Å². The smallest absolute Gasteiger partial charge is 0.243 e. The monoisotopic (exact) mass is 460 g/mol. The van der Waals surface area contributed by atoms with Gasteiger partial charge < -0.3 is 10.2 Å². The Kier molecular flexibility index (Phi) is 9.45. The first-order chi connectivity index (χ1) is 14.6. The van der Waals surface area contributed by atoms with Crippen molar-refractivity contribution in [3.63, 3.8) is 0 Å². The molecular weight excluding hydrogens is 428 g/mol. The van der Waals surface area contributed by atoms with Gasteiger partial charge in [0, 0.05) is 22.9 Å². The first-order valence-corrected chi connectivity index (χ1v) is 12.1. The fourth-order valence-corrected chi connectivity index (χ4v) is 4.38. The van der Waals surface area contributed by atoms with Crippen molar-refractivity contribution in [3.8, 4) is 0 Å². The van der Waals surface area contributed by atoms with E-state index >= 15 is 0 Å². The van der Waals surface area contributed by atoms with Gasteiger partial charge in [0.05, 0.1) is 5.75 Å². The summed E-state index contributed by atoms with van der Waals surface area (Å²) in [5.74, 6) is 0.850. The molecule has 168 valence electrons. The molecule has 2 rings (SSSR count). The molecule has 0 saturated carbocycles. The third-order valence-electron chi connectivity index (χ3n) is 4.76. The van der Waals surface area contributed by atoms with Crippen LogP contribution in [0.25, 0.3) is 0 Å². The van der Waals surface area contributed by atoms with Crippen LogP contribution in [0.1, 0.15) is 50.8 Å². The largest absolute Gasteiger partial charge is 0.350 e. The van der Waals surface area contributed by atoms with Crippen molar-refractivity contribution in [2.75, 3.05) is 5.75 Å². The van der Waals surface area contributed by atoms with Gasteiger partial charge in [0.15, 0.2) is 0 Å². The van der Waals surface area contributed by atoms with Crippen LogP contribution < -0.4 is 5.32 Å². The zero-order valence-electron chi connectivity index (χ0n) is 19.1. The van der Waals surface area contributed by atoms with Crippen LogP contribution in [-0.2, 0) is 21.9 Å². The summed E-state index contributed by atoms with van der Waals surface area (Å²) >= 11 is 7.93. The number of aryl methyl sites for hydroxylation is 1. The highest BCUT2D eigenvalue weighted by Gasteiger charge is 2.30. The minimum atomic E-state index is -0.553. The number of nitrogens with one attached hydrogen (secondary N) is 1. The molecular formula is C25H33ClN2O2S. The number of benzene rings is 2. The van der Waals surface area contributed by atoms with Crippen LogP contribution in [0.3, 0.4) is 0 Å². The quantitative estimate of drug-likeness (QED) is 0.529. The molecule has 0 heterocycles. The van der Waals surface area contributed by atoms with E-state index in [0.29, 0.717) is 23.7 Å². The second-order valence-electron chi connectivity index (χ2n) is 8.76. The number of halogens is 1. The standard InChI is InChI=1S/C25H33ClN2O2S/c1-6-22(24(30)27-25(3,4)5)28(15-20-12-7-8-13-21(20)26)23(29)17-31-16-19-11-9-10-18(2)14-19/h7-14,22H,6,15-17H2,1-5H3,(H,27,30)/t22-/m0/s1. The van der Waals surface area contributed by atoms with Gasteiger partial charge >= 0.3 is 0 Å². The summed E-state index contributed by atoms with van der Waals surface area (Å²) in [5, 5.41) is 3.62. The topological polar surface area (TPSA) is 49.4 Å². The Balaban J connectivity index is 2.17. The molecule has 0 spiro atoms. The molecule has 0 saturated heterocycles. The van der Waals surface area contributed by atoms with E-state index < -0.39 is 6.04 Å².